The van der Waals surface area contributed by atoms with E-state index in [0.29, 0.717) is 53.3 Å². The molecule has 158 valence electrons. The molecule has 2 aromatic heterocycles. The van der Waals surface area contributed by atoms with Crippen LogP contribution in [0.2, 0.25) is 10.0 Å². The molecule has 11 heteroatoms. The standard InChI is InChI=1S/C19H19Cl2N5O2S2/c20-16-12-17(21)18-22-26(19(29)25(18)13-16)14-23-7-9-24(10-8-23)30(27,28)11-6-15-4-2-1-3-5-15/h1-6,11-13H,7-10,14H2/b11-6+. The Kier molecular flexibility index (Phi) is 6.29. The molecule has 1 aromatic carbocycles. The van der Waals surface area contributed by atoms with Crippen LogP contribution in [-0.2, 0) is 16.7 Å². The highest BCUT2D eigenvalue weighted by atomic mass is 35.5. The van der Waals surface area contributed by atoms with Gasteiger partial charge in [0.2, 0.25) is 14.8 Å². The van der Waals surface area contributed by atoms with Gasteiger partial charge in [0.1, 0.15) is 0 Å². The third kappa shape index (κ3) is 4.61. The summed E-state index contributed by atoms with van der Waals surface area (Å²) in [5.41, 5.74) is 1.39. The fraction of sp³-hybridized carbons (Fsp3) is 0.263. The number of piperazine rings is 1. The second kappa shape index (κ2) is 8.78. The maximum absolute atomic E-state index is 12.6. The van der Waals surface area contributed by atoms with E-state index in [9.17, 15) is 8.42 Å². The van der Waals surface area contributed by atoms with Crippen LogP contribution in [0.1, 0.15) is 5.56 Å². The van der Waals surface area contributed by atoms with Gasteiger partial charge < -0.3 is 0 Å². The smallest absolute Gasteiger partial charge is 0.236 e. The summed E-state index contributed by atoms with van der Waals surface area (Å²) in [5.74, 6) is 0. The molecule has 1 saturated heterocycles. The third-order valence-corrected chi connectivity index (χ3v) is 7.32. The summed E-state index contributed by atoms with van der Waals surface area (Å²) in [6.07, 6.45) is 3.30. The zero-order valence-electron chi connectivity index (χ0n) is 15.9. The normalized spacial score (nSPS) is 16.6. The molecule has 3 aromatic rings. The van der Waals surface area contributed by atoms with Gasteiger partial charge in [-0.2, -0.15) is 4.31 Å². The van der Waals surface area contributed by atoms with Crippen molar-refractivity contribution in [2.75, 3.05) is 26.2 Å². The van der Waals surface area contributed by atoms with Gasteiger partial charge in [-0.1, -0.05) is 53.5 Å². The monoisotopic (exact) mass is 483 g/mol. The number of fused-ring (bicyclic) bond motifs is 1. The van der Waals surface area contributed by atoms with Crippen molar-refractivity contribution in [1.29, 1.82) is 0 Å². The second-order valence-corrected chi connectivity index (χ2v) is 9.93. The first-order valence-corrected chi connectivity index (χ1v) is 11.9. The minimum absolute atomic E-state index is 0.398. The van der Waals surface area contributed by atoms with Crippen molar-refractivity contribution in [3.63, 3.8) is 0 Å². The molecule has 1 fully saturated rings. The Morgan fingerprint density at radius 1 is 1.10 bits per heavy atom. The summed E-state index contributed by atoms with van der Waals surface area (Å²) < 4.78 is 30.6. The molecule has 1 aliphatic rings. The van der Waals surface area contributed by atoms with Crippen molar-refractivity contribution >= 4 is 57.2 Å². The fourth-order valence-electron chi connectivity index (χ4n) is 3.27. The molecule has 0 atom stereocenters. The van der Waals surface area contributed by atoms with E-state index < -0.39 is 10.0 Å². The van der Waals surface area contributed by atoms with Crippen LogP contribution in [0.15, 0.2) is 48.0 Å². The van der Waals surface area contributed by atoms with Gasteiger partial charge in [0.05, 0.1) is 16.7 Å². The van der Waals surface area contributed by atoms with E-state index in [1.807, 2.05) is 30.3 Å². The Bertz CT molecular complexity index is 1250. The van der Waals surface area contributed by atoms with E-state index in [1.54, 1.807) is 27.4 Å². The molecule has 0 saturated carbocycles. The fourth-order valence-corrected chi connectivity index (χ4v) is 5.19. The van der Waals surface area contributed by atoms with Crippen LogP contribution < -0.4 is 0 Å². The molecule has 0 bridgehead atoms. The molecule has 0 N–H and O–H groups in total. The number of benzene rings is 1. The molecular weight excluding hydrogens is 465 g/mol. The molecule has 0 spiro atoms. The SMILES string of the molecule is O=S(=O)(/C=C/c1ccccc1)N1CCN(Cn2nc3c(Cl)cc(Cl)cn3c2=S)CC1. The Labute approximate surface area is 189 Å². The number of rotatable bonds is 5. The van der Waals surface area contributed by atoms with E-state index in [0.717, 1.165) is 5.56 Å². The molecule has 3 heterocycles. The molecule has 4 rings (SSSR count). The van der Waals surface area contributed by atoms with Crippen LogP contribution in [0.4, 0.5) is 0 Å². The number of hydrogen-bond donors (Lipinski definition) is 0. The molecular formula is C19H19Cl2N5O2S2. The quantitative estimate of drug-likeness (QED) is 0.517. The van der Waals surface area contributed by atoms with Crippen LogP contribution in [0, 0.1) is 4.77 Å². The summed E-state index contributed by atoms with van der Waals surface area (Å²) in [7, 11) is -3.47. The van der Waals surface area contributed by atoms with E-state index in [2.05, 4.69) is 10.00 Å². The minimum atomic E-state index is -3.47. The van der Waals surface area contributed by atoms with Gasteiger partial charge in [-0.05, 0) is 29.9 Å². The lowest BCUT2D eigenvalue weighted by molar-refractivity contribution is 0.145. The zero-order valence-corrected chi connectivity index (χ0v) is 19.0. The van der Waals surface area contributed by atoms with E-state index in [1.165, 1.54) is 9.71 Å². The number of hydrogen-bond acceptors (Lipinski definition) is 5. The largest absolute Gasteiger partial charge is 0.282 e. The number of aromatic nitrogens is 3. The first kappa shape index (κ1) is 21.5. The summed E-state index contributed by atoms with van der Waals surface area (Å²) in [6.45, 7) is 2.39. The van der Waals surface area contributed by atoms with Crippen molar-refractivity contribution in [2.24, 2.45) is 0 Å². The van der Waals surface area contributed by atoms with Gasteiger partial charge >= 0.3 is 0 Å². The summed E-state index contributed by atoms with van der Waals surface area (Å²) in [4.78, 5) is 2.10. The van der Waals surface area contributed by atoms with Crippen LogP contribution >= 0.6 is 35.4 Å². The third-order valence-electron chi connectivity index (χ3n) is 4.86. The van der Waals surface area contributed by atoms with Crippen molar-refractivity contribution in [3.8, 4) is 0 Å². The van der Waals surface area contributed by atoms with E-state index >= 15 is 0 Å². The average Bonchev–Trinajstić information content (AvgIpc) is 3.04. The number of pyridine rings is 1. The Balaban J connectivity index is 1.42. The van der Waals surface area contributed by atoms with E-state index in [-0.39, 0.29) is 0 Å². The average molecular weight is 484 g/mol. The molecule has 7 nitrogen and oxygen atoms in total. The number of halogens is 2. The zero-order chi connectivity index (χ0) is 21.3. The van der Waals surface area contributed by atoms with Crippen LogP contribution in [0.3, 0.4) is 0 Å². The maximum Gasteiger partial charge on any atom is 0.236 e. The lowest BCUT2D eigenvalue weighted by Gasteiger charge is -2.32. The number of nitrogens with zero attached hydrogens (tertiary/aromatic N) is 5. The van der Waals surface area contributed by atoms with Crippen molar-refractivity contribution < 1.29 is 8.42 Å². The Hall–Kier alpha value is -1.75. The summed E-state index contributed by atoms with van der Waals surface area (Å²) in [5, 5.41) is 6.65. The maximum atomic E-state index is 12.6. The van der Waals surface area contributed by atoms with Crippen LogP contribution in [0.5, 0.6) is 0 Å². The lowest BCUT2D eigenvalue weighted by Crippen LogP contribution is -2.48. The lowest BCUT2D eigenvalue weighted by atomic mass is 10.2. The highest BCUT2D eigenvalue weighted by Gasteiger charge is 2.25. The van der Waals surface area contributed by atoms with Crippen molar-refractivity contribution in [2.45, 2.75) is 6.67 Å². The summed E-state index contributed by atoms with van der Waals surface area (Å²) >= 11 is 17.7. The van der Waals surface area contributed by atoms with Crippen LogP contribution in [0.25, 0.3) is 11.7 Å². The molecule has 0 amide bonds. The predicted molar refractivity (Wildman–Crippen MR) is 122 cm³/mol. The topological polar surface area (TPSA) is 62.9 Å². The Morgan fingerprint density at radius 2 is 1.80 bits per heavy atom. The molecule has 1 aliphatic heterocycles. The van der Waals surface area contributed by atoms with Gasteiger partial charge in [0, 0.05) is 37.8 Å². The molecule has 0 radical (unpaired) electrons. The summed E-state index contributed by atoms with van der Waals surface area (Å²) in [6, 6.07) is 11.0. The van der Waals surface area contributed by atoms with Gasteiger partial charge in [-0.25, -0.2) is 13.1 Å². The highest BCUT2D eigenvalue weighted by molar-refractivity contribution is 7.92. The number of sulfonamides is 1. The molecule has 30 heavy (non-hydrogen) atoms. The van der Waals surface area contributed by atoms with Gasteiger partial charge in [-0.15, -0.1) is 5.10 Å². The predicted octanol–water partition coefficient (Wildman–Crippen LogP) is 3.75. The van der Waals surface area contributed by atoms with Gasteiger partial charge in [-0.3, -0.25) is 9.30 Å². The van der Waals surface area contributed by atoms with E-state index in [4.69, 9.17) is 35.4 Å². The van der Waals surface area contributed by atoms with Gasteiger partial charge in [0.25, 0.3) is 0 Å². The first-order chi connectivity index (χ1) is 14.3. The molecule has 0 unspecified atom stereocenters. The minimum Gasteiger partial charge on any atom is -0.282 e. The van der Waals surface area contributed by atoms with Crippen molar-refractivity contribution in [1.82, 2.24) is 23.4 Å². The van der Waals surface area contributed by atoms with Crippen LogP contribution in [-0.4, -0.2) is 58.0 Å². The highest BCUT2D eigenvalue weighted by Crippen LogP contribution is 2.21. The molecule has 0 aliphatic carbocycles. The van der Waals surface area contributed by atoms with Crippen molar-refractivity contribution in [3.05, 3.63) is 68.4 Å². The first-order valence-electron chi connectivity index (χ1n) is 9.23. The Morgan fingerprint density at radius 3 is 2.50 bits per heavy atom. The second-order valence-electron chi connectivity index (χ2n) is 6.90. The van der Waals surface area contributed by atoms with Gasteiger partial charge in [0.15, 0.2) is 5.65 Å².